The minimum atomic E-state index is -0.443. The van der Waals surface area contributed by atoms with Gasteiger partial charge in [0.25, 0.3) is 5.56 Å². The minimum Gasteiger partial charge on any atom is -0.496 e. The molecule has 0 bridgehead atoms. The van der Waals surface area contributed by atoms with E-state index in [1.54, 1.807) is 0 Å². The lowest BCUT2D eigenvalue weighted by Gasteiger charge is -2.10. The second-order valence-corrected chi connectivity index (χ2v) is 4.90. The molecule has 0 atom stereocenters. The number of hydrogen-bond donors (Lipinski definition) is 1. The molecule has 0 saturated carbocycles. The van der Waals surface area contributed by atoms with Crippen molar-refractivity contribution in [1.82, 2.24) is 15.1 Å². The Morgan fingerprint density at radius 2 is 2.08 bits per heavy atom. The van der Waals surface area contributed by atoms with E-state index in [-0.39, 0.29) is 18.2 Å². The highest BCUT2D eigenvalue weighted by Gasteiger charge is 2.12. The fraction of sp³-hybridized carbons (Fsp3) is 0.312. The molecule has 0 aliphatic heterocycles. The van der Waals surface area contributed by atoms with Crippen molar-refractivity contribution in [3.63, 3.8) is 0 Å². The van der Waals surface area contributed by atoms with Crippen molar-refractivity contribution in [3.05, 3.63) is 46.5 Å². The molecule has 24 heavy (non-hydrogen) atoms. The van der Waals surface area contributed by atoms with Crippen LogP contribution in [0.25, 0.3) is 11.3 Å². The number of hydrogen-bond acceptors (Lipinski definition) is 5. The third kappa shape index (κ3) is 4.39. The Bertz CT molecular complexity index is 776. The molecule has 0 radical (unpaired) electrons. The summed E-state index contributed by atoms with van der Waals surface area (Å²) in [7, 11) is 2.94. The molecular weight excluding hydrogens is 317 g/mol. The fourth-order valence-corrected chi connectivity index (χ4v) is 2.07. The number of nitrogens with one attached hydrogen (secondary N) is 1. The quantitative estimate of drug-likeness (QED) is 0.758. The molecule has 0 saturated heterocycles. The summed E-state index contributed by atoms with van der Waals surface area (Å²) in [5.74, 6) is -0.511. The van der Waals surface area contributed by atoms with Crippen LogP contribution in [0.2, 0.25) is 0 Å². The van der Waals surface area contributed by atoms with Crippen LogP contribution in [0.15, 0.2) is 35.1 Å². The molecule has 128 valence electrons. The molecule has 0 spiro atoms. The van der Waals surface area contributed by atoms with Gasteiger partial charge in [0.2, 0.25) is 5.91 Å². The summed E-state index contributed by atoms with van der Waals surface area (Å²) in [6.45, 7) is 0.496. The highest BCUT2D eigenvalue weighted by molar-refractivity contribution is 5.75. The fourth-order valence-electron chi connectivity index (χ4n) is 2.07. The summed E-state index contributed by atoms with van der Waals surface area (Å²) >= 11 is 0. The molecule has 7 nitrogen and oxygen atoms in total. The van der Waals surface area contributed by atoms with Gasteiger partial charge in [-0.2, -0.15) is 5.10 Å². The summed E-state index contributed by atoms with van der Waals surface area (Å²) in [6, 6.07) is 6.80. The second kappa shape index (κ2) is 8.21. The first-order valence-corrected chi connectivity index (χ1v) is 7.23. The Balaban J connectivity index is 2.26. The van der Waals surface area contributed by atoms with Gasteiger partial charge in [0.05, 0.1) is 19.4 Å². The highest BCUT2D eigenvalue weighted by atomic mass is 19.1. The Hall–Kier alpha value is -2.74. The maximum Gasteiger partial charge on any atom is 0.267 e. The maximum atomic E-state index is 13.3. The van der Waals surface area contributed by atoms with Gasteiger partial charge in [0, 0.05) is 31.4 Å². The third-order valence-corrected chi connectivity index (χ3v) is 3.23. The number of rotatable bonds is 7. The summed E-state index contributed by atoms with van der Waals surface area (Å²) < 4.78 is 24.3. The van der Waals surface area contributed by atoms with Crippen molar-refractivity contribution in [2.75, 3.05) is 27.4 Å². The van der Waals surface area contributed by atoms with E-state index in [1.165, 1.54) is 44.6 Å². The normalized spacial score (nSPS) is 10.5. The van der Waals surface area contributed by atoms with Gasteiger partial charge in [-0.05, 0) is 18.2 Å². The van der Waals surface area contributed by atoms with Crippen molar-refractivity contribution in [2.45, 2.75) is 6.54 Å². The zero-order valence-electron chi connectivity index (χ0n) is 13.4. The molecule has 1 amide bonds. The van der Waals surface area contributed by atoms with E-state index >= 15 is 0 Å². The molecule has 2 aromatic rings. The van der Waals surface area contributed by atoms with Crippen LogP contribution in [0.3, 0.4) is 0 Å². The largest absolute Gasteiger partial charge is 0.496 e. The summed E-state index contributed by atoms with van der Waals surface area (Å²) in [5, 5.41) is 6.77. The lowest BCUT2D eigenvalue weighted by atomic mass is 10.1. The van der Waals surface area contributed by atoms with Crippen molar-refractivity contribution < 1.29 is 18.7 Å². The van der Waals surface area contributed by atoms with E-state index in [1.807, 2.05) is 0 Å². The zero-order valence-corrected chi connectivity index (χ0v) is 13.4. The first kappa shape index (κ1) is 17.6. The van der Waals surface area contributed by atoms with Crippen LogP contribution in [0, 0.1) is 5.82 Å². The minimum absolute atomic E-state index is 0.222. The predicted octanol–water partition coefficient (Wildman–Crippen LogP) is 0.821. The standard InChI is InChI=1S/C16H18FN3O4/c1-23-8-7-18-15(21)10-20-16(22)6-5-13(19-20)12-4-3-11(17)9-14(12)24-2/h3-6,9H,7-8,10H2,1-2H3,(H,18,21). The summed E-state index contributed by atoms with van der Waals surface area (Å²) in [4.78, 5) is 23.7. The predicted molar refractivity (Wildman–Crippen MR) is 85.3 cm³/mol. The number of carbonyl (C=O) groups is 1. The van der Waals surface area contributed by atoms with E-state index in [0.29, 0.717) is 24.4 Å². The number of ether oxygens (including phenoxy) is 2. The first-order chi connectivity index (χ1) is 11.5. The lowest BCUT2D eigenvalue weighted by molar-refractivity contribution is -0.122. The Kier molecular flexibility index (Phi) is 6.02. The van der Waals surface area contributed by atoms with Crippen molar-refractivity contribution in [1.29, 1.82) is 0 Å². The monoisotopic (exact) mass is 335 g/mol. The van der Waals surface area contributed by atoms with Crippen LogP contribution in [-0.2, 0) is 16.1 Å². The smallest absolute Gasteiger partial charge is 0.267 e. The number of benzene rings is 1. The molecule has 1 heterocycles. The van der Waals surface area contributed by atoms with Gasteiger partial charge in [0.1, 0.15) is 18.1 Å². The molecule has 0 aliphatic rings. The van der Waals surface area contributed by atoms with Crippen molar-refractivity contribution in [3.8, 4) is 17.0 Å². The van der Waals surface area contributed by atoms with E-state index in [4.69, 9.17) is 9.47 Å². The molecule has 1 N–H and O–H groups in total. The third-order valence-electron chi connectivity index (χ3n) is 3.23. The number of nitrogens with zero attached hydrogens (tertiary/aromatic N) is 2. The summed E-state index contributed by atoms with van der Waals surface area (Å²) in [6.07, 6.45) is 0. The molecule has 8 heteroatoms. The Morgan fingerprint density at radius 1 is 1.29 bits per heavy atom. The van der Waals surface area contributed by atoms with Gasteiger partial charge in [-0.25, -0.2) is 9.07 Å². The van der Waals surface area contributed by atoms with Gasteiger partial charge in [-0.15, -0.1) is 0 Å². The Morgan fingerprint density at radius 3 is 2.79 bits per heavy atom. The van der Waals surface area contributed by atoms with Crippen LogP contribution in [0.1, 0.15) is 0 Å². The van der Waals surface area contributed by atoms with Gasteiger partial charge in [0.15, 0.2) is 0 Å². The van der Waals surface area contributed by atoms with Gasteiger partial charge in [-0.3, -0.25) is 9.59 Å². The van der Waals surface area contributed by atoms with Gasteiger partial charge < -0.3 is 14.8 Å². The molecule has 0 unspecified atom stereocenters. The van der Waals surface area contributed by atoms with Crippen LogP contribution in [-0.4, -0.2) is 43.1 Å². The van der Waals surface area contributed by atoms with Gasteiger partial charge >= 0.3 is 0 Å². The van der Waals surface area contributed by atoms with Crippen LogP contribution < -0.4 is 15.6 Å². The van der Waals surface area contributed by atoms with E-state index in [0.717, 1.165) is 4.68 Å². The number of amides is 1. The number of carbonyl (C=O) groups excluding carboxylic acids is 1. The van der Waals surface area contributed by atoms with Gasteiger partial charge in [-0.1, -0.05) is 0 Å². The second-order valence-electron chi connectivity index (χ2n) is 4.90. The van der Waals surface area contributed by atoms with E-state index in [2.05, 4.69) is 10.4 Å². The number of aromatic nitrogens is 2. The van der Waals surface area contributed by atoms with E-state index < -0.39 is 11.4 Å². The summed E-state index contributed by atoms with van der Waals surface area (Å²) in [5.41, 5.74) is 0.505. The molecule has 1 aromatic heterocycles. The molecular formula is C16H18FN3O4. The average Bonchev–Trinajstić information content (AvgIpc) is 2.57. The topological polar surface area (TPSA) is 82.4 Å². The van der Waals surface area contributed by atoms with Crippen LogP contribution in [0.5, 0.6) is 5.75 Å². The molecule has 0 fully saturated rings. The Labute approximate surface area is 138 Å². The SMILES string of the molecule is COCCNC(=O)Cn1nc(-c2ccc(F)cc2OC)ccc1=O. The van der Waals surface area contributed by atoms with E-state index in [9.17, 15) is 14.0 Å². The molecule has 0 aliphatic carbocycles. The maximum absolute atomic E-state index is 13.3. The zero-order chi connectivity index (χ0) is 17.5. The first-order valence-electron chi connectivity index (χ1n) is 7.23. The number of halogens is 1. The molecule has 1 aromatic carbocycles. The van der Waals surface area contributed by atoms with Crippen molar-refractivity contribution in [2.24, 2.45) is 0 Å². The number of methoxy groups -OCH3 is 2. The van der Waals surface area contributed by atoms with Crippen LogP contribution in [0.4, 0.5) is 4.39 Å². The highest BCUT2D eigenvalue weighted by Crippen LogP contribution is 2.28. The van der Waals surface area contributed by atoms with Crippen molar-refractivity contribution >= 4 is 5.91 Å². The molecule has 2 rings (SSSR count). The average molecular weight is 335 g/mol. The van der Waals surface area contributed by atoms with Crippen LogP contribution >= 0.6 is 0 Å². The lowest BCUT2D eigenvalue weighted by Crippen LogP contribution is -2.35.